The molecule has 1 fully saturated rings. The number of likely N-dealkylation sites (tertiary alicyclic amines) is 1. The lowest BCUT2D eigenvalue weighted by Gasteiger charge is -2.37. The lowest BCUT2D eigenvalue weighted by atomic mass is 10.00. The zero-order valence-electron chi connectivity index (χ0n) is 9.86. The molecule has 0 bridgehead atoms. The summed E-state index contributed by atoms with van der Waals surface area (Å²) in [6.07, 6.45) is -4.82. The van der Waals surface area contributed by atoms with Crippen LogP contribution in [-0.2, 0) is 4.79 Å². The van der Waals surface area contributed by atoms with Crippen molar-refractivity contribution in [2.45, 2.75) is 31.9 Å². The number of alkyl halides is 3. The van der Waals surface area contributed by atoms with Crippen LogP contribution in [0, 0.1) is 0 Å². The molecule has 1 aromatic heterocycles. The lowest BCUT2D eigenvalue weighted by molar-refractivity contribution is -0.190. The van der Waals surface area contributed by atoms with Gasteiger partial charge in [-0.05, 0) is 0 Å². The summed E-state index contributed by atoms with van der Waals surface area (Å²) in [4.78, 5) is 15.7. The lowest BCUT2D eigenvalue weighted by Crippen LogP contribution is -2.53. The monoisotopic (exact) mass is 263 g/mol. The summed E-state index contributed by atoms with van der Waals surface area (Å²) in [5.41, 5.74) is 0. The minimum Gasteiger partial charge on any atom is -0.339 e. The highest BCUT2D eigenvalue weighted by atomic mass is 19.4. The van der Waals surface area contributed by atoms with E-state index in [0.717, 1.165) is 4.90 Å². The Kier molecular flexibility index (Phi) is 3.04. The molecule has 100 valence electrons. The smallest absolute Gasteiger partial charge is 0.339 e. The first-order valence-corrected chi connectivity index (χ1v) is 5.48. The van der Waals surface area contributed by atoms with Crippen molar-refractivity contribution in [3.05, 3.63) is 11.7 Å². The molecule has 1 aliphatic rings. The summed E-state index contributed by atoms with van der Waals surface area (Å²) in [7, 11) is 0. The minimum absolute atomic E-state index is 0.0297. The van der Waals surface area contributed by atoms with Crippen molar-refractivity contribution in [2.24, 2.45) is 0 Å². The van der Waals surface area contributed by atoms with Crippen LogP contribution in [0.3, 0.4) is 0 Å². The van der Waals surface area contributed by atoms with Gasteiger partial charge in [-0.3, -0.25) is 4.79 Å². The number of halogens is 3. The van der Waals surface area contributed by atoms with Crippen molar-refractivity contribution in [3.8, 4) is 0 Å². The maximum absolute atomic E-state index is 12.1. The normalized spacial score (nSPS) is 17.1. The molecule has 0 aliphatic carbocycles. The van der Waals surface area contributed by atoms with Crippen LogP contribution in [0.4, 0.5) is 13.2 Å². The highest BCUT2D eigenvalue weighted by Gasteiger charge is 2.47. The van der Waals surface area contributed by atoms with Crippen LogP contribution in [-0.4, -0.2) is 40.2 Å². The number of aromatic nitrogens is 2. The van der Waals surface area contributed by atoms with Crippen LogP contribution >= 0.6 is 0 Å². The second-order valence-corrected chi connectivity index (χ2v) is 4.55. The molecule has 0 aromatic carbocycles. The van der Waals surface area contributed by atoms with Crippen LogP contribution in [0.1, 0.15) is 37.4 Å². The maximum atomic E-state index is 12.1. The summed E-state index contributed by atoms with van der Waals surface area (Å²) in [5, 5.41) is 3.73. The zero-order valence-corrected chi connectivity index (χ0v) is 9.86. The van der Waals surface area contributed by atoms with Gasteiger partial charge in [-0.25, -0.2) is 0 Å². The molecule has 18 heavy (non-hydrogen) atoms. The Labute approximate surface area is 101 Å². The van der Waals surface area contributed by atoms with Gasteiger partial charge in [-0.1, -0.05) is 19.0 Å². The van der Waals surface area contributed by atoms with Crippen molar-refractivity contribution < 1.29 is 22.5 Å². The Morgan fingerprint density at radius 3 is 2.50 bits per heavy atom. The van der Waals surface area contributed by atoms with Gasteiger partial charge in [0.1, 0.15) is 0 Å². The van der Waals surface area contributed by atoms with Crippen molar-refractivity contribution in [2.75, 3.05) is 13.1 Å². The molecule has 8 heteroatoms. The average molecular weight is 263 g/mol. The molecule has 0 unspecified atom stereocenters. The fourth-order valence-electron chi connectivity index (χ4n) is 1.63. The summed E-state index contributed by atoms with van der Waals surface area (Å²) in [5.74, 6) is -1.20. The molecule has 1 amide bonds. The number of amides is 1. The number of hydrogen-bond donors (Lipinski definition) is 0. The highest BCUT2D eigenvalue weighted by Crippen LogP contribution is 2.30. The average Bonchev–Trinajstić information content (AvgIpc) is 2.62. The summed E-state index contributed by atoms with van der Waals surface area (Å²) < 4.78 is 41.3. The summed E-state index contributed by atoms with van der Waals surface area (Å²) in [6.45, 7) is 3.71. The number of hydrogen-bond acceptors (Lipinski definition) is 4. The Balaban J connectivity index is 1.94. The van der Waals surface area contributed by atoms with Crippen LogP contribution in [0.5, 0.6) is 0 Å². The molecule has 0 N–H and O–H groups in total. The highest BCUT2D eigenvalue weighted by molar-refractivity contribution is 5.82. The van der Waals surface area contributed by atoms with E-state index in [1.165, 1.54) is 0 Å². The fraction of sp³-hybridized carbons (Fsp3) is 0.700. The molecule has 1 aromatic rings. The summed E-state index contributed by atoms with van der Waals surface area (Å²) in [6, 6.07) is 0. The van der Waals surface area contributed by atoms with Gasteiger partial charge in [0.15, 0.2) is 5.82 Å². The second kappa shape index (κ2) is 4.25. The third-order valence-corrected chi connectivity index (χ3v) is 2.73. The molecular formula is C10H12F3N3O2. The van der Waals surface area contributed by atoms with E-state index in [9.17, 15) is 18.0 Å². The van der Waals surface area contributed by atoms with Gasteiger partial charge in [0, 0.05) is 19.0 Å². The molecule has 1 aliphatic heterocycles. The molecule has 2 heterocycles. The predicted octanol–water partition coefficient (Wildman–Crippen LogP) is 1.68. The van der Waals surface area contributed by atoms with Gasteiger partial charge in [0.05, 0.1) is 5.92 Å². The van der Waals surface area contributed by atoms with Gasteiger partial charge in [0.2, 0.25) is 5.89 Å². The third-order valence-electron chi connectivity index (χ3n) is 2.73. The molecule has 2 rings (SSSR count). The molecule has 0 saturated carbocycles. The predicted molar refractivity (Wildman–Crippen MR) is 53.8 cm³/mol. The largest absolute Gasteiger partial charge is 0.471 e. The molecular weight excluding hydrogens is 251 g/mol. The van der Waals surface area contributed by atoms with Gasteiger partial charge < -0.3 is 9.42 Å². The Bertz CT molecular complexity index is 449. The van der Waals surface area contributed by atoms with E-state index in [0.29, 0.717) is 11.7 Å². The van der Waals surface area contributed by atoms with Crippen molar-refractivity contribution in [3.63, 3.8) is 0 Å². The van der Waals surface area contributed by atoms with E-state index in [-0.39, 0.29) is 24.9 Å². The van der Waals surface area contributed by atoms with Crippen LogP contribution in [0.2, 0.25) is 0 Å². The SMILES string of the molecule is CC(C)c1noc(C2CN(C(=O)C(F)(F)F)C2)n1. The maximum Gasteiger partial charge on any atom is 0.471 e. The first-order valence-electron chi connectivity index (χ1n) is 5.48. The number of nitrogens with zero attached hydrogens (tertiary/aromatic N) is 3. The minimum atomic E-state index is -4.82. The summed E-state index contributed by atoms with van der Waals surface area (Å²) >= 11 is 0. The van der Waals surface area contributed by atoms with E-state index < -0.39 is 12.1 Å². The number of carbonyl (C=O) groups excluding carboxylic acids is 1. The van der Waals surface area contributed by atoms with Crippen LogP contribution in [0.25, 0.3) is 0 Å². The van der Waals surface area contributed by atoms with E-state index in [1.807, 2.05) is 13.8 Å². The van der Waals surface area contributed by atoms with Crippen LogP contribution in [0.15, 0.2) is 4.52 Å². The van der Waals surface area contributed by atoms with E-state index in [4.69, 9.17) is 4.52 Å². The Hall–Kier alpha value is -1.60. The van der Waals surface area contributed by atoms with Gasteiger partial charge >= 0.3 is 12.1 Å². The van der Waals surface area contributed by atoms with Crippen molar-refractivity contribution in [1.82, 2.24) is 15.0 Å². The standard InChI is InChI=1S/C10H12F3N3O2/c1-5(2)7-14-8(18-15-7)6-3-16(4-6)9(17)10(11,12)13/h5-6H,3-4H2,1-2H3. The second-order valence-electron chi connectivity index (χ2n) is 4.55. The van der Waals surface area contributed by atoms with Gasteiger partial charge in [0.25, 0.3) is 0 Å². The van der Waals surface area contributed by atoms with Crippen LogP contribution < -0.4 is 0 Å². The number of rotatable bonds is 2. The van der Waals surface area contributed by atoms with Crippen molar-refractivity contribution >= 4 is 5.91 Å². The Morgan fingerprint density at radius 2 is 2.06 bits per heavy atom. The fourth-order valence-corrected chi connectivity index (χ4v) is 1.63. The van der Waals surface area contributed by atoms with E-state index in [2.05, 4.69) is 10.1 Å². The zero-order chi connectivity index (χ0) is 13.5. The van der Waals surface area contributed by atoms with E-state index >= 15 is 0 Å². The van der Waals surface area contributed by atoms with Crippen molar-refractivity contribution in [1.29, 1.82) is 0 Å². The molecule has 0 atom stereocenters. The topological polar surface area (TPSA) is 59.2 Å². The third kappa shape index (κ3) is 2.32. The molecule has 1 saturated heterocycles. The first-order chi connectivity index (χ1) is 8.29. The molecule has 0 spiro atoms. The van der Waals surface area contributed by atoms with E-state index in [1.54, 1.807) is 0 Å². The quantitative estimate of drug-likeness (QED) is 0.814. The van der Waals surface area contributed by atoms with Gasteiger partial charge in [-0.15, -0.1) is 0 Å². The van der Waals surface area contributed by atoms with Gasteiger partial charge in [-0.2, -0.15) is 18.2 Å². The molecule has 0 radical (unpaired) electrons. The number of carbonyl (C=O) groups is 1. The molecule has 5 nitrogen and oxygen atoms in total. The first kappa shape index (κ1) is 12.8. The Morgan fingerprint density at radius 1 is 1.44 bits per heavy atom.